The first kappa shape index (κ1) is 12.0. The lowest BCUT2D eigenvalue weighted by Gasteiger charge is -2.25. The van der Waals surface area contributed by atoms with Crippen molar-refractivity contribution in [1.82, 2.24) is 4.31 Å². The molecule has 6 heteroatoms. The summed E-state index contributed by atoms with van der Waals surface area (Å²) in [5.74, 6) is 0. The molecule has 0 saturated heterocycles. The molecule has 0 N–H and O–H groups in total. The molecule has 1 aromatic carbocycles. The molecule has 0 radical (unpaired) electrons. The second-order valence-corrected chi connectivity index (χ2v) is 5.64. The Kier molecular flexibility index (Phi) is 3.52. The highest BCUT2D eigenvalue weighted by Crippen LogP contribution is 2.40. The van der Waals surface area contributed by atoms with Gasteiger partial charge >= 0.3 is 0 Å². The van der Waals surface area contributed by atoms with Gasteiger partial charge in [-0.15, -0.1) is 50.5 Å². The van der Waals surface area contributed by atoms with E-state index in [0.717, 1.165) is 30.7 Å². The quantitative estimate of drug-likeness (QED) is 0.458. The van der Waals surface area contributed by atoms with Crippen molar-refractivity contribution in [2.24, 2.45) is 0 Å². The van der Waals surface area contributed by atoms with Crippen LogP contribution in [-0.4, -0.2) is 4.31 Å². The van der Waals surface area contributed by atoms with Gasteiger partial charge in [0.25, 0.3) is 0 Å². The van der Waals surface area contributed by atoms with Crippen LogP contribution in [0.2, 0.25) is 0 Å². The Labute approximate surface area is 117 Å². The molecule has 0 bridgehead atoms. The SMILES string of the molecule is SC1=CN(S)Cc2c(S)c(S)cc(S)c21. The second kappa shape index (κ2) is 4.41. The fraction of sp³-hybridized carbons (Fsp3) is 0.111. The van der Waals surface area contributed by atoms with Crippen LogP contribution in [0.5, 0.6) is 0 Å². The number of hydrogen-bond donors (Lipinski definition) is 5. The van der Waals surface area contributed by atoms with E-state index in [4.69, 9.17) is 0 Å². The highest BCUT2D eigenvalue weighted by Gasteiger charge is 2.20. The van der Waals surface area contributed by atoms with E-state index < -0.39 is 0 Å². The Hall–Kier alpha value is 0.510. The first-order valence-electron chi connectivity index (χ1n) is 4.14. The average Bonchev–Trinajstić information content (AvgIpc) is 2.12. The largest absolute Gasteiger partial charge is 0.320 e. The zero-order valence-electron chi connectivity index (χ0n) is 7.55. The summed E-state index contributed by atoms with van der Waals surface area (Å²) in [5, 5.41) is 0. The van der Waals surface area contributed by atoms with Crippen LogP contribution in [0.25, 0.3) is 4.91 Å². The molecule has 2 rings (SSSR count). The first-order valence-corrected chi connectivity index (χ1v) is 6.33. The van der Waals surface area contributed by atoms with Crippen LogP contribution >= 0.6 is 63.3 Å². The number of benzene rings is 1. The second-order valence-electron chi connectivity index (χ2n) is 3.23. The summed E-state index contributed by atoms with van der Waals surface area (Å²) in [5.41, 5.74) is 2.09. The number of hydrogen-bond acceptors (Lipinski definition) is 6. The van der Waals surface area contributed by atoms with E-state index in [9.17, 15) is 0 Å². The molecule has 80 valence electrons. The fourth-order valence-electron chi connectivity index (χ4n) is 1.55. The topological polar surface area (TPSA) is 3.24 Å². The Bertz CT molecular complexity index is 454. The minimum Gasteiger partial charge on any atom is -0.320 e. The molecule has 0 spiro atoms. The van der Waals surface area contributed by atoms with Gasteiger partial charge in [0.15, 0.2) is 0 Å². The van der Waals surface area contributed by atoms with Crippen molar-refractivity contribution in [2.75, 3.05) is 0 Å². The first-order chi connectivity index (χ1) is 7.00. The smallest absolute Gasteiger partial charge is 0.0555 e. The third kappa shape index (κ3) is 2.15. The zero-order valence-corrected chi connectivity index (χ0v) is 12.0. The van der Waals surface area contributed by atoms with Crippen molar-refractivity contribution in [3.63, 3.8) is 0 Å². The molecule has 1 aliphatic rings. The monoisotopic (exact) mass is 291 g/mol. The van der Waals surface area contributed by atoms with Crippen molar-refractivity contribution in [3.8, 4) is 0 Å². The lowest BCUT2D eigenvalue weighted by atomic mass is 10.0. The van der Waals surface area contributed by atoms with Crippen LogP contribution in [0.4, 0.5) is 0 Å². The summed E-state index contributed by atoms with van der Waals surface area (Å²) in [6.07, 6.45) is 1.86. The number of rotatable bonds is 0. The van der Waals surface area contributed by atoms with Crippen LogP contribution in [0.1, 0.15) is 11.1 Å². The Morgan fingerprint density at radius 3 is 2.40 bits per heavy atom. The van der Waals surface area contributed by atoms with Crippen molar-refractivity contribution in [2.45, 2.75) is 21.2 Å². The number of fused-ring (bicyclic) bond motifs is 1. The summed E-state index contributed by atoms with van der Waals surface area (Å²) < 4.78 is 1.77. The minimum absolute atomic E-state index is 0.684. The normalized spacial score (nSPS) is 15.0. The van der Waals surface area contributed by atoms with Gasteiger partial charge in [-0.2, -0.15) is 0 Å². The Morgan fingerprint density at radius 1 is 1.07 bits per heavy atom. The Morgan fingerprint density at radius 2 is 1.73 bits per heavy atom. The molecular weight excluding hydrogens is 282 g/mol. The van der Waals surface area contributed by atoms with Crippen LogP contribution in [0, 0.1) is 0 Å². The molecule has 0 aliphatic carbocycles. The fourth-order valence-corrected chi connectivity index (χ4v) is 3.38. The lowest BCUT2D eigenvalue weighted by molar-refractivity contribution is 0.607. The molecule has 0 atom stereocenters. The minimum atomic E-state index is 0.684. The molecule has 0 unspecified atom stereocenters. The molecule has 0 saturated carbocycles. The van der Waals surface area contributed by atoms with Crippen LogP contribution in [0.3, 0.4) is 0 Å². The molecule has 1 nitrogen and oxygen atoms in total. The van der Waals surface area contributed by atoms with Gasteiger partial charge in [-0.25, -0.2) is 0 Å². The molecule has 0 amide bonds. The predicted octanol–water partition coefficient (Wildman–Crippen LogP) is 3.44. The standard InChI is InChI=1S/C9H9NS5/c11-5-1-6(12)9(14)4-2-10(15)3-7(13)8(4)5/h1,3,11-15H,2H2. The van der Waals surface area contributed by atoms with Crippen molar-refractivity contribution in [3.05, 3.63) is 23.4 Å². The molecule has 0 fully saturated rings. The summed E-state index contributed by atoms with van der Waals surface area (Å²) in [4.78, 5) is 3.41. The third-order valence-corrected chi connectivity index (χ3v) is 4.20. The van der Waals surface area contributed by atoms with E-state index in [1.165, 1.54) is 0 Å². The highest BCUT2D eigenvalue weighted by molar-refractivity contribution is 7.90. The summed E-state index contributed by atoms with van der Waals surface area (Å²) in [7, 11) is 0. The van der Waals surface area contributed by atoms with Crippen LogP contribution in [-0.2, 0) is 6.54 Å². The molecule has 1 aliphatic heterocycles. The summed E-state index contributed by atoms with van der Waals surface area (Å²) in [6, 6.07) is 1.88. The Balaban J connectivity index is 2.72. The molecule has 1 aromatic rings. The maximum atomic E-state index is 4.45. The lowest BCUT2D eigenvalue weighted by Crippen LogP contribution is -2.13. The van der Waals surface area contributed by atoms with Gasteiger partial charge in [0.2, 0.25) is 0 Å². The average molecular weight is 292 g/mol. The highest BCUT2D eigenvalue weighted by atomic mass is 32.1. The predicted molar refractivity (Wildman–Crippen MR) is 79.7 cm³/mol. The maximum Gasteiger partial charge on any atom is 0.0555 e. The molecule has 0 aromatic heterocycles. The molecule has 1 heterocycles. The van der Waals surface area contributed by atoms with Gasteiger partial charge in [0.05, 0.1) is 6.54 Å². The number of nitrogens with zero attached hydrogens (tertiary/aromatic N) is 1. The molecular formula is C9H9NS5. The van der Waals surface area contributed by atoms with E-state index in [1.807, 2.05) is 12.3 Å². The van der Waals surface area contributed by atoms with Gasteiger partial charge in [0, 0.05) is 31.4 Å². The maximum absolute atomic E-state index is 4.45. The molecule has 15 heavy (non-hydrogen) atoms. The van der Waals surface area contributed by atoms with Crippen molar-refractivity contribution >= 4 is 68.2 Å². The summed E-state index contributed by atoms with van der Waals surface area (Å²) in [6.45, 7) is 0.684. The van der Waals surface area contributed by atoms with E-state index >= 15 is 0 Å². The van der Waals surface area contributed by atoms with Crippen molar-refractivity contribution < 1.29 is 0 Å². The van der Waals surface area contributed by atoms with Gasteiger partial charge in [-0.05, 0) is 11.6 Å². The summed E-state index contributed by atoms with van der Waals surface area (Å²) >= 11 is 21.9. The van der Waals surface area contributed by atoms with Crippen LogP contribution < -0.4 is 0 Å². The third-order valence-electron chi connectivity index (χ3n) is 2.21. The van der Waals surface area contributed by atoms with Gasteiger partial charge in [-0.3, -0.25) is 0 Å². The van der Waals surface area contributed by atoms with E-state index in [2.05, 4.69) is 63.3 Å². The van der Waals surface area contributed by atoms with Crippen LogP contribution in [0.15, 0.2) is 27.0 Å². The van der Waals surface area contributed by atoms with Gasteiger partial charge in [0.1, 0.15) is 0 Å². The zero-order chi connectivity index (χ0) is 11.2. The van der Waals surface area contributed by atoms with E-state index in [0.29, 0.717) is 6.54 Å². The number of thiol groups is 5. The van der Waals surface area contributed by atoms with E-state index in [1.54, 1.807) is 4.31 Å². The van der Waals surface area contributed by atoms with Gasteiger partial charge in [-0.1, -0.05) is 12.8 Å². The van der Waals surface area contributed by atoms with Crippen molar-refractivity contribution in [1.29, 1.82) is 0 Å². The van der Waals surface area contributed by atoms with Gasteiger partial charge < -0.3 is 4.31 Å². The van der Waals surface area contributed by atoms with E-state index in [-0.39, 0.29) is 0 Å².